The fourth-order valence-electron chi connectivity index (χ4n) is 2.65. The van der Waals surface area contributed by atoms with E-state index in [0.29, 0.717) is 31.7 Å². The first-order valence-electron chi connectivity index (χ1n) is 7.48. The molecule has 0 bridgehead atoms. The van der Waals surface area contributed by atoms with Crippen LogP contribution in [-0.2, 0) is 24.3 Å². The first-order chi connectivity index (χ1) is 11.3. The van der Waals surface area contributed by atoms with Gasteiger partial charge in [-0.2, -0.15) is 5.26 Å². The number of halogens is 1. The number of benzene rings is 2. The van der Waals surface area contributed by atoms with Crippen LogP contribution in [0.3, 0.4) is 0 Å². The van der Waals surface area contributed by atoms with Crippen LogP contribution in [0.25, 0.3) is 0 Å². The van der Waals surface area contributed by atoms with Crippen LogP contribution in [0.4, 0.5) is 4.39 Å². The van der Waals surface area contributed by atoms with Gasteiger partial charge in [0.05, 0.1) is 18.2 Å². The molecule has 118 valence electrons. The van der Waals surface area contributed by atoms with E-state index in [1.54, 1.807) is 6.07 Å². The van der Waals surface area contributed by atoms with E-state index in [-0.39, 0.29) is 12.6 Å². The molecule has 1 heterocycles. The minimum Gasteiger partial charge on any atom is -0.467 e. The lowest BCUT2D eigenvalue weighted by atomic mass is 10.1. The third-order valence-electron chi connectivity index (χ3n) is 3.71. The average Bonchev–Trinajstić information content (AvgIpc) is 2.58. The fraction of sp³-hybridized carbons (Fsp3) is 0.278. The molecule has 4 nitrogen and oxygen atoms in total. The summed E-state index contributed by atoms with van der Waals surface area (Å²) in [6.45, 7) is 1.95. The van der Waals surface area contributed by atoms with Gasteiger partial charge in [-0.3, -0.25) is 0 Å². The van der Waals surface area contributed by atoms with Gasteiger partial charge in [-0.1, -0.05) is 12.1 Å². The van der Waals surface area contributed by atoms with E-state index in [9.17, 15) is 4.39 Å². The van der Waals surface area contributed by atoms with E-state index in [0.717, 1.165) is 22.4 Å². The van der Waals surface area contributed by atoms with Gasteiger partial charge in [0.2, 0.25) is 0 Å². The van der Waals surface area contributed by atoms with E-state index >= 15 is 0 Å². The van der Waals surface area contributed by atoms with E-state index in [2.05, 4.69) is 11.4 Å². The van der Waals surface area contributed by atoms with Crippen LogP contribution >= 0.6 is 0 Å². The van der Waals surface area contributed by atoms with Crippen molar-refractivity contribution in [3.05, 3.63) is 64.5 Å². The third-order valence-corrected chi connectivity index (χ3v) is 3.71. The molecule has 1 aliphatic heterocycles. The molecule has 0 aliphatic carbocycles. The number of hydrogen-bond donors (Lipinski definition) is 1. The molecule has 0 spiro atoms. The molecule has 0 aromatic heterocycles. The molecular weight excluding hydrogens is 295 g/mol. The molecule has 0 fully saturated rings. The zero-order valence-corrected chi connectivity index (χ0v) is 12.6. The molecule has 0 unspecified atom stereocenters. The van der Waals surface area contributed by atoms with Gasteiger partial charge in [-0.25, -0.2) is 4.39 Å². The first kappa shape index (κ1) is 15.5. The van der Waals surface area contributed by atoms with Crippen molar-refractivity contribution >= 4 is 0 Å². The number of rotatable bonds is 5. The number of nitriles is 1. The minimum atomic E-state index is -0.269. The third kappa shape index (κ3) is 3.86. The SMILES string of the molecule is N#Cc1cccc(CNCCc2cc(F)cc3c2OCOC3)c1. The zero-order chi connectivity index (χ0) is 16.1. The van der Waals surface area contributed by atoms with Crippen molar-refractivity contribution in [2.75, 3.05) is 13.3 Å². The largest absolute Gasteiger partial charge is 0.467 e. The Bertz CT molecular complexity index is 740. The monoisotopic (exact) mass is 312 g/mol. The van der Waals surface area contributed by atoms with Crippen molar-refractivity contribution < 1.29 is 13.9 Å². The van der Waals surface area contributed by atoms with E-state index in [4.69, 9.17) is 14.7 Å². The van der Waals surface area contributed by atoms with Gasteiger partial charge in [0.1, 0.15) is 11.6 Å². The predicted molar refractivity (Wildman–Crippen MR) is 83.3 cm³/mol. The Kier molecular flexibility index (Phi) is 4.86. The Morgan fingerprint density at radius 1 is 1.26 bits per heavy atom. The molecule has 0 atom stereocenters. The van der Waals surface area contributed by atoms with Gasteiger partial charge in [0.15, 0.2) is 6.79 Å². The van der Waals surface area contributed by atoms with Crippen molar-refractivity contribution in [2.45, 2.75) is 19.6 Å². The van der Waals surface area contributed by atoms with Crippen LogP contribution in [-0.4, -0.2) is 13.3 Å². The summed E-state index contributed by atoms with van der Waals surface area (Å²) in [5.74, 6) is 0.473. The van der Waals surface area contributed by atoms with Crippen molar-refractivity contribution in [3.8, 4) is 11.8 Å². The molecule has 1 aliphatic rings. The smallest absolute Gasteiger partial charge is 0.189 e. The van der Waals surface area contributed by atoms with Gasteiger partial charge in [-0.15, -0.1) is 0 Å². The van der Waals surface area contributed by atoms with Gasteiger partial charge >= 0.3 is 0 Å². The topological polar surface area (TPSA) is 54.3 Å². The summed E-state index contributed by atoms with van der Waals surface area (Å²) in [6.07, 6.45) is 0.665. The van der Waals surface area contributed by atoms with E-state index in [1.165, 1.54) is 12.1 Å². The van der Waals surface area contributed by atoms with Crippen LogP contribution in [0.5, 0.6) is 5.75 Å². The second-order valence-corrected chi connectivity index (χ2v) is 5.40. The van der Waals surface area contributed by atoms with Crippen molar-refractivity contribution in [3.63, 3.8) is 0 Å². The van der Waals surface area contributed by atoms with Crippen molar-refractivity contribution in [2.24, 2.45) is 0 Å². The summed E-state index contributed by atoms with van der Waals surface area (Å²) in [4.78, 5) is 0. The predicted octanol–water partition coefficient (Wildman–Crippen LogP) is 2.90. The molecule has 5 heteroatoms. The van der Waals surface area contributed by atoms with Gasteiger partial charge < -0.3 is 14.8 Å². The molecule has 3 rings (SSSR count). The first-order valence-corrected chi connectivity index (χ1v) is 7.48. The molecule has 0 saturated heterocycles. The Hall–Kier alpha value is -2.42. The number of ether oxygens (including phenoxy) is 2. The normalized spacial score (nSPS) is 13.0. The van der Waals surface area contributed by atoms with Crippen molar-refractivity contribution in [1.29, 1.82) is 5.26 Å². The van der Waals surface area contributed by atoms with Crippen LogP contribution < -0.4 is 10.1 Å². The number of nitrogens with one attached hydrogen (secondary N) is 1. The minimum absolute atomic E-state index is 0.208. The van der Waals surface area contributed by atoms with E-state index in [1.807, 2.05) is 18.2 Å². The summed E-state index contributed by atoms with van der Waals surface area (Å²) < 4.78 is 24.3. The number of fused-ring (bicyclic) bond motifs is 1. The maximum absolute atomic E-state index is 13.7. The van der Waals surface area contributed by atoms with E-state index < -0.39 is 0 Å². The second kappa shape index (κ2) is 7.23. The highest BCUT2D eigenvalue weighted by Crippen LogP contribution is 2.29. The summed E-state index contributed by atoms with van der Waals surface area (Å²) in [5.41, 5.74) is 3.31. The molecule has 2 aromatic carbocycles. The van der Waals surface area contributed by atoms with Gasteiger partial charge in [0.25, 0.3) is 0 Å². The quantitative estimate of drug-likeness (QED) is 0.863. The van der Waals surface area contributed by atoms with Crippen LogP contribution in [0.1, 0.15) is 22.3 Å². The van der Waals surface area contributed by atoms with Crippen LogP contribution in [0, 0.1) is 17.1 Å². The lowest BCUT2D eigenvalue weighted by molar-refractivity contribution is -0.0172. The molecule has 0 saturated carbocycles. The number of hydrogen-bond acceptors (Lipinski definition) is 4. The lowest BCUT2D eigenvalue weighted by Crippen LogP contribution is -2.19. The average molecular weight is 312 g/mol. The zero-order valence-electron chi connectivity index (χ0n) is 12.6. The molecule has 2 aromatic rings. The van der Waals surface area contributed by atoms with Gasteiger partial charge in [0, 0.05) is 12.1 Å². The highest BCUT2D eigenvalue weighted by atomic mass is 19.1. The second-order valence-electron chi connectivity index (χ2n) is 5.40. The molecule has 1 N–H and O–H groups in total. The Morgan fingerprint density at radius 3 is 3.04 bits per heavy atom. The maximum Gasteiger partial charge on any atom is 0.189 e. The Morgan fingerprint density at radius 2 is 2.17 bits per heavy atom. The summed E-state index contributed by atoms with van der Waals surface area (Å²) in [7, 11) is 0. The number of nitrogens with zero attached hydrogens (tertiary/aromatic N) is 1. The van der Waals surface area contributed by atoms with Crippen molar-refractivity contribution in [1.82, 2.24) is 5.32 Å². The summed E-state index contributed by atoms with van der Waals surface area (Å²) >= 11 is 0. The molecule has 0 amide bonds. The van der Waals surface area contributed by atoms with Gasteiger partial charge in [-0.05, 0) is 48.4 Å². The molecule has 23 heavy (non-hydrogen) atoms. The van der Waals surface area contributed by atoms with Crippen LogP contribution in [0.2, 0.25) is 0 Å². The standard InChI is InChI=1S/C18H17FN2O2/c19-17-7-15(18-16(8-17)11-22-12-23-18)4-5-21-10-14-3-1-2-13(6-14)9-20/h1-3,6-8,21H,4-5,10-12H2. The highest BCUT2D eigenvalue weighted by Gasteiger charge is 2.16. The summed E-state index contributed by atoms with van der Waals surface area (Å²) in [6, 6.07) is 12.6. The molecular formula is C18H17FN2O2. The summed E-state index contributed by atoms with van der Waals surface area (Å²) in [5, 5.41) is 12.2. The lowest BCUT2D eigenvalue weighted by Gasteiger charge is -2.21. The maximum atomic E-state index is 13.7. The Balaban J connectivity index is 1.59. The fourth-order valence-corrected chi connectivity index (χ4v) is 2.65. The highest BCUT2D eigenvalue weighted by molar-refractivity contribution is 5.42. The van der Waals surface area contributed by atoms with Crippen LogP contribution in [0.15, 0.2) is 36.4 Å². The Labute approximate surface area is 134 Å². The molecule has 0 radical (unpaired) electrons.